The molecule has 1 saturated heterocycles. The lowest BCUT2D eigenvalue weighted by molar-refractivity contribution is 0.153. The highest BCUT2D eigenvalue weighted by Gasteiger charge is 2.57. The predicted molar refractivity (Wildman–Crippen MR) is 78.6 cm³/mol. The smallest absolute Gasteiger partial charge is 0.0164 e. The highest BCUT2D eigenvalue weighted by molar-refractivity contribution is 9.09. The van der Waals surface area contributed by atoms with E-state index in [4.69, 9.17) is 0 Å². The zero-order valence-electron chi connectivity index (χ0n) is 11.4. The summed E-state index contributed by atoms with van der Waals surface area (Å²) < 4.78 is 0. The van der Waals surface area contributed by atoms with Crippen LogP contribution < -0.4 is 0 Å². The second-order valence-electron chi connectivity index (χ2n) is 7.18. The van der Waals surface area contributed by atoms with E-state index in [-0.39, 0.29) is 0 Å². The van der Waals surface area contributed by atoms with Gasteiger partial charge in [-0.1, -0.05) is 28.8 Å². The van der Waals surface area contributed by atoms with Crippen LogP contribution in [0, 0.1) is 30.1 Å². The summed E-state index contributed by atoms with van der Waals surface area (Å²) >= 11 is 3.90. The monoisotopic (exact) mass is 310 g/mol. The molecule has 0 amide bonds. The van der Waals surface area contributed by atoms with E-state index >= 15 is 0 Å². The molecule has 0 N–H and O–H groups in total. The zero-order valence-corrected chi connectivity index (χ0v) is 13.0. The molecule has 7 atom stereocenters. The van der Waals surface area contributed by atoms with Gasteiger partial charge in [-0.3, -0.25) is 4.90 Å². The van der Waals surface area contributed by atoms with E-state index in [1.165, 1.54) is 44.9 Å². The summed E-state index contributed by atoms with van der Waals surface area (Å²) in [5.41, 5.74) is 0. The normalized spacial score (nSPS) is 56.0. The molecule has 0 bridgehead atoms. The molecule has 4 fully saturated rings. The molecule has 0 aromatic rings. The Bertz CT molecular complexity index is 331. The lowest BCUT2D eigenvalue weighted by atomic mass is 9.70. The van der Waals surface area contributed by atoms with Crippen LogP contribution in [0.2, 0.25) is 0 Å². The summed E-state index contributed by atoms with van der Waals surface area (Å²) in [6.45, 7) is 0. The summed E-state index contributed by atoms with van der Waals surface area (Å²) in [6, 6.07) is 1.72. The third kappa shape index (κ3) is 1.67. The average Bonchev–Trinajstić information content (AvgIpc) is 2.87. The van der Waals surface area contributed by atoms with Crippen molar-refractivity contribution in [1.82, 2.24) is 4.90 Å². The molecular weight excluding hydrogens is 286 g/mol. The van der Waals surface area contributed by atoms with Gasteiger partial charge in [0.15, 0.2) is 0 Å². The topological polar surface area (TPSA) is 3.24 Å². The number of nitrogens with zero attached hydrogens (tertiary/aromatic N) is 1. The first kappa shape index (κ1) is 12.2. The van der Waals surface area contributed by atoms with Crippen LogP contribution in [0.5, 0.6) is 0 Å². The van der Waals surface area contributed by atoms with Crippen molar-refractivity contribution in [2.75, 3.05) is 7.05 Å². The maximum absolute atomic E-state index is 3.90. The maximum Gasteiger partial charge on any atom is 0.0164 e. The molecule has 4 rings (SSSR count). The van der Waals surface area contributed by atoms with Gasteiger partial charge in [-0.2, -0.15) is 0 Å². The lowest BCUT2D eigenvalue weighted by Gasteiger charge is -2.38. The second kappa shape index (κ2) is 4.48. The molecule has 3 saturated carbocycles. The van der Waals surface area contributed by atoms with Crippen molar-refractivity contribution >= 4 is 15.9 Å². The van der Waals surface area contributed by atoms with Gasteiger partial charge in [0.1, 0.15) is 0 Å². The van der Waals surface area contributed by atoms with Crippen molar-refractivity contribution in [1.29, 1.82) is 0 Å². The molecule has 0 aromatic heterocycles. The van der Waals surface area contributed by atoms with E-state index in [9.17, 15) is 0 Å². The van der Waals surface area contributed by atoms with Gasteiger partial charge in [-0.25, -0.2) is 0 Å². The number of halogens is 1. The second-order valence-corrected chi connectivity index (χ2v) is 8.47. The molecule has 4 aliphatic rings. The Morgan fingerprint density at radius 1 is 1.06 bits per heavy atom. The molecule has 1 radical (unpaired) electrons. The third-order valence-corrected chi connectivity index (χ3v) is 7.33. The largest absolute Gasteiger partial charge is 0.300 e. The Balaban J connectivity index is 1.62. The third-order valence-electron chi connectivity index (χ3n) is 6.49. The van der Waals surface area contributed by atoms with Crippen LogP contribution in [0.25, 0.3) is 0 Å². The standard InChI is InChI=1S/C16H25BrN/c1-18-14-7-6-11(17)9-13(14)16-12-5-3-2-4-10(12)8-15(16)18/h8,10-16H,2-7,9H2,1H3. The van der Waals surface area contributed by atoms with Crippen molar-refractivity contribution in [3.8, 4) is 0 Å². The fraction of sp³-hybridized carbons (Fsp3) is 0.938. The Morgan fingerprint density at radius 2 is 1.89 bits per heavy atom. The van der Waals surface area contributed by atoms with Crippen LogP contribution in [0.1, 0.15) is 44.9 Å². The number of hydrogen-bond donors (Lipinski definition) is 0. The molecule has 3 aliphatic carbocycles. The van der Waals surface area contributed by atoms with Gasteiger partial charge in [-0.05, 0) is 69.2 Å². The van der Waals surface area contributed by atoms with Gasteiger partial charge < -0.3 is 0 Å². The number of fused-ring (bicyclic) bond motifs is 5. The highest BCUT2D eigenvalue weighted by Crippen LogP contribution is 2.57. The number of likely N-dealkylation sites (tertiary alicyclic amines) is 1. The Morgan fingerprint density at radius 3 is 2.78 bits per heavy atom. The number of alkyl halides is 1. The van der Waals surface area contributed by atoms with Gasteiger partial charge in [0.05, 0.1) is 0 Å². The van der Waals surface area contributed by atoms with Crippen LogP contribution in [-0.4, -0.2) is 28.9 Å². The van der Waals surface area contributed by atoms with E-state index in [1.54, 1.807) is 0 Å². The quantitative estimate of drug-likeness (QED) is 0.614. The molecule has 0 aromatic carbocycles. The van der Waals surface area contributed by atoms with Gasteiger partial charge in [0.2, 0.25) is 0 Å². The summed E-state index contributed by atoms with van der Waals surface area (Å²) in [5, 5.41) is 0. The van der Waals surface area contributed by atoms with E-state index in [0.29, 0.717) is 0 Å². The Labute approximate surface area is 120 Å². The van der Waals surface area contributed by atoms with Crippen LogP contribution in [0.3, 0.4) is 0 Å². The fourth-order valence-corrected chi connectivity index (χ4v) is 6.49. The Hall–Kier alpha value is 0.440. The lowest BCUT2D eigenvalue weighted by Crippen LogP contribution is -2.38. The molecule has 1 heterocycles. The minimum absolute atomic E-state index is 0.800. The van der Waals surface area contributed by atoms with Gasteiger partial charge in [0.25, 0.3) is 0 Å². The fourth-order valence-electron chi connectivity index (χ4n) is 5.79. The molecule has 1 aliphatic heterocycles. The molecule has 1 nitrogen and oxygen atoms in total. The summed E-state index contributed by atoms with van der Waals surface area (Å²) in [5.74, 6) is 4.00. The summed E-state index contributed by atoms with van der Waals surface area (Å²) in [7, 11) is 2.41. The summed E-state index contributed by atoms with van der Waals surface area (Å²) in [6.07, 6.45) is 13.0. The predicted octanol–water partition coefficient (Wildman–Crippen LogP) is 3.87. The SMILES string of the molecule is CN1C2[CH]C3CCCCC3C2C2CC(Br)CCC21. The first-order valence-corrected chi connectivity index (χ1v) is 8.88. The van der Waals surface area contributed by atoms with Crippen molar-refractivity contribution < 1.29 is 0 Å². The van der Waals surface area contributed by atoms with Crippen molar-refractivity contribution in [2.45, 2.75) is 61.9 Å². The Kier molecular flexibility index (Phi) is 3.04. The van der Waals surface area contributed by atoms with Gasteiger partial charge in [0, 0.05) is 16.9 Å². The summed E-state index contributed by atoms with van der Waals surface area (Å²) in [4.78, 5) is 3.56. The minimum Gasteiger partial charge on any atom is -0.300 e. The molecule has 2 heteroatoms. The van der Waals surface area contributed by atoms with Crippen LogP contribution in [-0.2, 0) is 0 Å². The zero-order chi connectivity index (χ0) is 12.3. The average molecular weight is 311 g/mol. The van der Waals surface area contributed by atoms with Crippen LogP contribution >= 0.6 is 15.9 Å². The van der Waals surface area contributed by atoms with E-state index in [0.717, 1.165) is 40.6 Å². The van der Waals surface area contributed by atoms with Crippen LogP contribution in [0.15, 0.2) is 0 Å². The molecule has 18 heavy (non-hydrogen) atoms. The van der Waals surface area contributed by atoms with Crippen LogP contribution in [0.4, 0.5) is 0 Å². The first-order chi connectivity index (χ1) is 8.75. The number of rotatable bonds is 0. The highest BCUT2D eigenvalue weighted by atomic mass is 79.9. The minimum atomic E-state index is 0.800. The van der Waals surface area contributed by atoms with Crippen molar-refractivity contribution in [3.05, 3.63) is 6.42 Å². The maximum atomic E-state index is 3.90. The molecule has 7 unspecified atom stereocenters. The van der Waals surface area contributed by atoms with Crippen molar-refractivity contribution in [3.63, 3.8) is 0 Å². The van der Waals surface area contributed by atoms with E-state index in [1.807, 2.05) is 0 Å². The van der Waals surface area contributed by atoms with Gasteiger partial charge >= 0.3 is 0 Å². The first-order valence-electron chi connectivity index (χ1n) is 7.96. The van der Waals surface area contributed by atoms with E-state index in [2.05, 4.69) is 34.3 Å². The number of hydrogen-bond acceptors (Lipinski definition) is 1. The molecular formula is C16H25BrN. The van der Waals surface area contributed by atoms with Gasteiger partial charge in [-0.15, -0.1) is 0 Å². The molecule has 101 valence electrons. The molecule has 0 spiro atoms. The van der Waals surface area contributed by atoms with E-state index < -0.39 is 0 Å². The van der Waals surface area contributed by atoms with Crippen molar-refractivity contribution in [2.24, 2.45) is 23.7 Å².